The largest absolute Gasteiger partial charge is 0.481 e. The summed E-state index contributed by atoms with van der Waals surface area (Å²) in [7, 11) is 1.65. The third-order valence-corrected chi connectivity index (χ3v) is 5.92. The van der Waals surface area contributed by atoms with Gasteiger partial charge in [-0.3, -0.25) is 14.4 Å². The van der Waals surface area contributed by atoms with E-state index in [1.165, 1.54) is 6.07 Å². The molecule has 2 aliphatic rings. The summed E-state index contributed by atoms with van der Waals surface area (Å²) in [5.74, 6) is -2.22. The topological polar surface area (TPSA) is 77.9 Å². The molecule has 0 bridgehead atoms. The number of aryl methyl sites for hydroxylation is 1. The van der Waals surface area contributed by atoms with Crippen LogP contribution in [0.2, 0.25) is 0 Å². The normalized spacial score (nSPS) is 22.1. The first-order valence-electron chi connectivity index (χ1n) is 8.86. The fourth-order valence-corrected chi connectivity index (χ4v) is 4.23. The van der Waals surface area contributed by atoms with E-state index in [1.54, 1.807) is 35.0 Å². The molecule has 2 fully saturated rings. The van der Waals surface area contributed by atoms with E-state index < -0.39 is 17.4 Å². The summed E-state index contributed by atoms with van der Waals surface area (Å²) >= 11 is 0. The maximum atomic E-state index is 13.7. The fraction of sp³-hybridized carbons (Fsp3) is 0.526. The Labute approximate surface area is 151 Å². The molecule has 2 heterocycles. The number of piperidine rings is 1. The van der Waals surface area contributed by atoms with Crippen molar-refractivity contribution in [1.82, 2.24) is 9.80 Å². The van der Waals surface area contributed by atoms with E-state index in [9.17, 15) is 23.9 Å². The molecule has 0 aromatic heterocycles. The van der Waals surface area contributed by atoms with E-state index in [1.807, 2.05) is 0 Å². The van der Waals surface area contributed by atoms with Crippen molar-refractivity contribution in [2.24, 2.45) is 5.92 Å². The van der Waals surface area contributed by atoms with Crippen molar-refractivity contribution in [3.63, 3.8) is 0 Å². The number of halogens is 1. The Bertz CT molecular complexity index is 728. The minimum atomic E-state index is -0.956. The van der Waals surface area contributed by atoms with E-state index in [-0.39, 0.29) is 30.5 Å². The van der Waals surface area contributed by atoms with Gasteiger partial charge in [0, 0.05) is 33.0 Å². The van der Waals surface area contributed by atoms with E-state index in [0.29, 0.717) is 37.9 Å². The first kappa shape index (κ1) is 18.4. The minimum Gasteiger partial charge on any atom is -0.481 e. The molecule has 0 radical (unpaired) electrons. The fourth-order valence-electron chi connectivity index (χ4n) is 4.23. The van der Waals surface area contributed by atoms with Gasteiger partial charge in [-0.25, -0.2) is 4.39 Å². The van der Waals surface area contributed by atoms with Crippen molar-refractivity contribution in [1.29, 1.82) is 0 Å². The van der Waals surface area contributed by atoms with E-state index >= 15 is 0 Å². The second-order valence-electron chi connectivity index (χ2n) is 7.12. The second-order valence-corrected chi connectivity index (χ2v) is 7.12. The first-order valence-corrected chi connectivity index (χ1v) is 8.86. The number of aliphatic carboxylic acids is 1. The Balaban J connectivity index is 1.61. The van der Waals surface area contributed by atoms with Gasteiger partial charge in [0.15, 0.2) is 0 Å². The van der Waals surface area contributed by atoms with E-state index in [0.717, 1.165) is 0 Å². The maximum absolute atomic E-state index is 13.7. The Kier molecular flexibility index (Phi) is 4.98. The van der Waals surface area contributed by atoms with Crippen LogP contribution in [0.25, 0.3) is 0 Å². The van der Waals surface area contributed by atoms with Crippen molar-refractivity contribution in [3.05, 3.63) is 35.6 Å². The van der Waals surface area contributed by atoms with Crippen molar-refractivity contribution in [2.75, 3.05) is 20.1 Å². The zero-order valence-electron chi connectivity index (χ0n) is 14.8. The van der Waals surface area contributed by atoms with Crippen LogP contribution >= 0.6 is 0 Å². The standard InChI is InChI=1S/C19H23FN2O4/c1-21-17(24)12-14(18(25)26)19(21)8-10-22(11-9-19)16(23)7-6-13-4-2-3-5-15(13)20/h2-5,14H,6-12H2,1H3,(H,25,26)/t14-/m1/s1. The molecule has 7 heteroatoms. The van der Waals surface area contributed by atoms with E-state index in [2.05, 4.69) is 0 Å². The number of benzene rings is 1. The van der Waals surface area contributed by atoms with Gasteiger partial charge in [0.2, 0.25) is 11.8 Å². The van der Waals surface area contributed by atoms with Gasteiger partial charge in [-0.2, -0.15) is 0 Å². The number of hydrogen-bond donors (Lipinski definition) is 1. The number of carboxylic acid groups (broad SMARTS) is 1. The third kappa shape index (κ3) is 3.18. The summed E-state index contributed by atoms with van der Waals surface area (Å²) in [6.45, 7) is 0.828. The molecule has 1 spiro atoms. The monoisotopic (exact) mass is 362 g/mol. The van der Waals surface area contributed by atoms with Crippen molar-refractivity contribution >= 4 is 17.8 Å². The Hall–Kier alpha value is -2.44. The molecule has 0 saturated carbocycles. The minimum absolute atomic E-state index is 0.0209. The summed E-state index contributed by atoms with van der Waals surface area (Å²) in [5, 5.41) is 9.48. The number of carbonyl (C=O) groups excluding carboxylic acids is 2. The quantitative estimate of drug-likeness (QED) is 0.884. The lowest BCUT2D eigenvalue weighted by atomic mass is 9.77. The smallest absolute Gasteiger partial charge is 0.309 e. The van der Waals surface area contributed by atoms with Crippen LogP contribution in [0.15, 0.2) is 24.3 Å². The van der Waals surface area contributed by atoms with Crippen LogP contribution in [0.1, 0.15) is 31.2 Å². The second kappa shape index (κ2) is 7.05. The lowest BCUT2D eigenvalue weighted by Gasteiger charge is -2.45. The van der Waals surface area contributed by atoms with Crippen LogP contribution in [0.5, 0.6) is 0 Å². The highest BCUT2D eigenvalue weighted by Crippen LogP contribution is 2.42. The van der Waals surface area contributed by atoms with Gasteiger partial charge < -0.3 is 14.9 Å². The number of carboxylic acids is 1. The lowest BCUT2D eigenvalue weighted by molar-refractivity contribution is -0.147. The predicted octanol–water partition coefficient (Wildman–Crippen LogP) is 1.68. The summed E-state index contributed by atoms with van der Waals surface area (Å²) in [6.07, 6.45) is 1.48. The number of nitrogens with zero attached hydrogens (tertiary/aromatic N) is 2. The molecule has 2 amide bonds. The van der Waals surface area contributed by atoms with Crippen molar-refractivity contribution < 1.29 is 23.9 Å². The van der Waals surface area contributed by atoms with Gasteiger partial charge in [-0.15, -0.1) is 0 Å². The van der Waals surface area contributed by atoms with Crippen LogP contribution in [0.4, 0.5) is 4.39 Å². The molecule has 1 aromatic carbocycles. The molecule has 1 atom stereocenters. The number of likely N-dealkylation sites (tertiary alicyclic amines) is 2. The van der Waals surface area contributed by atoms with Crippen LogP contribution in [-0.4, -0.2) is 58.4 Å². The van der Waals surface area contributed by atoms with Gasteiger partial charge in [-0.1, -0.05) is 18.2 Å². The molecular formula is C19H23FN2O4. The van der Waals surface area contributed by atoms with Gasteiger partial charge in [0.25, 0.3) is 0 Å². The summed E-state index contributed by atoms with van der Waals surface area (Å²) < 4.78 is 13.7. The van der Waals surface area contributed by atoms with Gasteiger partial charge >= 0.3 is 5.97 Å². The molecule has 0 aliphatic carbocycles. The molecule has 0 unspecified atom stereocenters. The molecule has 140 valence electrons. The average molecular weight is 362 g/mol. The average Bonchev–Trinajstić information content (AvgIpc) is 2.87. The number of hydrogen-bond acceptors (Lipinski definition) is 3. The molecule has 2 saturated heterocycles. The third-order valence-electron chi connectivity index (χ3n) is 5.92. The zero-order chi connectivity index (χ0) is 18.9. The Morgan fingerprint density at radius 3 is 2.54 bits per heavy atom. The predicted molar refractivity (Wildman–Crippen MR) is 91.8 cm³/mol. The number of carbonyl (C=O) groups is 3. The molecule has 2 aliphatic heterocycles. The molecule has 26 heavy (non-hydrogen) atoms. The SMILES string of the molecule is CN1C(=O)C[C@H](C(=O)O)C12CCN(C(=O)CCc1ccccc1F)CC2. The lowest BCUT2D eigenvalue weighted by Crippen LogP contribution is -2.57. The van der Waals surface area contributed by atoms with Gasteiger partial charge in [0.05, 0.1) is 11.5 Å². The Morgan fingerprint density at radius 1 is 1.27 bits per heavy atom. The van der Waals surface area contributed by atoms with Crippen molar-refractivity contribution in [3.8, 4) is 0 Å². The van der Waals surface area contributed by atoms with Crippen molar-refractivity contribution in [2.45, 2.75) is 37.6 Å². The summed E-state index contributed by atoms with van der Waals surface area (Å²) in [4.78, 5) is 39.3. The zero-order valence-corrected chi connectivity index (χ0v) is 14.8. The highest BCUT2D eigenvalue weighted by Gasteiger charge is 2.55. The van der Waals surface area contributed by atoms with Gasteiger partial charge in [-0.05, 0) is 30.9 Å². The van der Waals surface area contributed by atoms with Crippen LogP contribution in [-0.2, 0) is 20.8 Å². The molecular weight excluding hydrogens is 339 g/mol. The number of rotatable bonds is 4. The molecule has 1 aromatic rings. The first-order chi connectivity index (χ1) is 12.3. The maximum Gasteiger partial charge on any atom is 0.309 e. The summed E-state index contributed by atoms with van der Waals surface area (Å²) in [6, 6.07) is 6.41. The van der Waals surface area contributed by atoms with E-state index in [4.69, 9.17) is 0 Å². The molecule has 1 N–H and O–H groups in total. The van der Waals surface area contributed by atoms with Crippen LogP contribution in [0, 0.1) is 11.7 Å². The molecule has 6 nitrogen and oxygen atoms in total. The number of amides is 2. The highest BCUT2D eigenvalue weighted by molar-refractivity contribution is 5.88. The summed E-state index contributed by atoms with van der Waals surface area (Å²) in [5.41, 5.74) is -0.188. The highest BCUT2D eigenvalue weighted by atomic mass is 19.1. The molecule has 3 rings (SSSR count). The van der Waals surface area contributed by atoms with Crippen LogP contribution < -0.4 is 0 Å². The van der Waals surface area contributed by atoms with Crippen LogP contribution in [0.3, 0.4) is 0 Å². The Morgan fingerprint density at radius 2 is 1.92 bits per heavy atom. The van der Waals surface area contributed by atoms with Gasteiger partial charge in [0.1, 0.15) is 5.82 Å².